The number of nitrogens with zero attached hydrogens (tertiary/aromatic N) is 5. The number of piperazine rings is 1. The monoisotopic (exact) mass is 595 g/mol. The Labute approximate surface area is 257 Å². The minimum absolute atomic E-state index is 0.00106. The van der Waals surface area contributed by atoms with Crippen LogP contribution in [-0.2, 0) is 11.2 Å². The first kappa shape index (κ1) is 30.3. The summed E-state index contributed by atoms with van der Waals surface area (Å²) in [5.41, 5.74) is 3.11. The molecule has 0 spiro atoms. The molecule has 0 radical (unpaired) electrons. The van der Waals surface area contributed by atoms with Crippen molar-refractivity contribution in [2.45, 2.75) is 6.42 Å². The van der Waals surface area contributed by atoms with Crippen LogP contribution in [0.25, 0.3) is 11.3 Å². The van der Waals surface area contributed by atoms with Gasteiger partial charge in [-0.1, -0.05) is 36.4 Å². The number of benzene rings is 3. The van der Waals surface area contributed by atoms with Gasteiger partial charge in [0.1, 0.15) is 23.8 Å². The number of anilines is 1. The molecule has 0 atom stereocenters. The van der Waals surface area contributed by atoms with Crippen molar-refractivity contribution in [3.8, 4) is 28.5 Å². The van der Waals surface area contributed by atoms with Crippen molar-refractivity contribution in [2.24, 2.45) is 0 Å². The molecule has 3 aromatic carbocycles. The second-order valence-electron chi connectivity index (χ2n) is 10.4. The van der Waals surface area contributed by atoms with Crippen LogP contribution in [0.1, 0.15) is 15.9 Å². The molecule has 10 nitrogen and oxygen atoms in total. The number of hydrogen-bond acceptors (Lipinski definition) is 8. The van der Waals surface area contributed by atoms with E-state index in [9.17, 15) is 9.59 Å². The van der Waals surface area contributed by atoms with Gasteiger partial charge < -0.3 is 28.9 Å². The molecule has 1 fully saturated rings. The van der Waals surface area contributed by atoms with Crippen molar-refractivity contribution >= 4 is 17.6 Å². The summed E-state index contributed by atoms with van der Waals surface area (Å²) >= 11 is 0. The van der Waals surface area contributed by atoms with Gasteiger partial charge in [0.2, 0.25) is 5.91 Å². The molecule has 5 rings (SSSR count). The van der Waals surface area contributed by atoms with E-state index in [1.54, 1.807) is 50.5 Å². The number of amides is 2. The van der Waals surface area contributed by atoms with Crippen molar-refractivity contribution in [3.63, 3.8) is 0 Å². The molecule has 10 heteroatoms. The zero-order valence-electron chi connectivity index (χ0n) is 25.3. The number of rotatable bonds is 11. The Balaban J connectivity index is 1.22. The molecule has 1 aromatic heterocycles. The topological polar surface area (TPSA) is 97.3 Å². The summed E-state index contributed by atoms with van der Waals surface area (Å²) in [6.07, 6.45) is 0.647. The summed E-state index contributed by atoms with van der Waals surface area (Å²) in [5, 5.41) is 8.90. The summed E-state index contributed by atoms with van der Waals surface area (Å²) < 4.78 is 16.1. The molecule has 1 aliphatic rings. The highest BCUT2D eigenvalue weighted by Crippen LogP contribution is 2.32. The van der Waals surface area contributed by atoms with Crippen LogP contribution in [0.4, 0.5) is 5.82 Å². The Kier molecular flexibility index (Phi) is 9.91. The molecule has 0 N–H and O–H groups in total. The quantitative estimate of drug-likeness (QED) is 0.255. The highest BCUT2D eigenvalue weighted by atomic mass is 16.5. The van der Waals surface area contributed by atoms with Crippen LogP contribution in [0.2, 0.25) is 0 Å². The predicted molar refractivity (Wildman–Crippen MR) is 168 cm³/mol. The molecule has 0 aliphatic carbocycles. The lowest BCUT2D eigenvalue weighted by Crippen LogP contribution is -2.52. The number of methoxy groups -OCH3 is 3. The molecular formula is C34H37N5O5. The molecule has 0 unspecified atom stereocenters. The fourth-order valence-corrected chi connectivity index (χ4v) is 5.20. The number of carbonyl (C=O) groups is 2. The van der Waals surface area contributed by atoms with Gasteiger partial charge in [-0.3, -0.25) is 9.59 Å². The largest absolute Gasteiger partial charge is 0.497 e. The zero-order valence-corrected chi connectivity index (χ0v) is 25.3. The lowest BCUT2D eigenvalue weighted by atomic mass is 10.1. The molecular weight excluding hydrogens is 558 g/mol. The van der Waals surface area contributed by atoms with Crippen LogP contribution in [0.5, 0.6) is 17.2 Å². The summed E-state index contributed by atoms with van der Waals surface area (Å²) in [6, 6.07) is 26.4. The predicted octanol–water partition coefficient (Wildman–Crippen LogP) is 4.20. The van der Waals surface area contributed by atoms with Gasteiger partial charge in [0, 0.05) is 49.9 Å². The number of aromatic nitrogens is 2. The summed E-state index contributed by atoms with van der Waals surface area (Å²) in [4.78, 5) is 32.6. The maximum Gasteiger partial charge on any atom is 0.254 e. The van der Waals surface area contributed by atoms with E-state index in [1.807, 2.05) is 65.6 Å². The molecule has 2 heterocycles. The first-order valence-corrected chi connectivity index (χ1v) is 14.5. The number of carbonyl (C=O) groups excluding carboxylic acids is 2. The van der Waals surface area contributed by atoms with Crippen LogP contribution in [0, 0.1) is 0 Å². The Morgan fingerprint density at radius 3 is 2.20 bits per heavy atom. The standard InChI is InChI=1S/C34H37N5O5/c1-42-27-11-7-10-26(22-27)34(41)39(17-16-25-8-5-4-6-9-25)24-33(40)38-20-18-37(19-21-38)32-15-14-30(35-36-32)29-13-12-28(43-2)23-31(29)44-3/h4-15,22-23H,16-21,24H2,1-3H3. The van der Waals surface area contributed by atoms with E-state index in [2.05, 4.69) is 15.1 Å². The Hall–Kier alpha value is -5.12. The van der Waals surface area contributed by atoms with Crippen molar-refractivity contribution in [1.82, 2.24) is 20.0 Å². The fourth-order valence-electron chi connectivity index (χ4n) is 5.20. The van der Waals surface area contributed by atoms with E-state index in [1.165, 1.54) is 0 Å². The number of ether oxygens (including phenoxy) is 3. The Morgan fingerprint density at radius 1 is 0.773 bits per heavy atom. The molecule has 2 amide bonds. The maximum atomic E-state index is 13.6. The van der Waals surface area contributed by atoms with E-state index >= 15 is 0 Å². The van der Waals surface area contributed by atoms with Gasteiger partial charge in [0.25, 0.3) is 5.91 Å². The molecule has 44 heavy (non-hydrogen) atoms. The van der Waals surface area contributed by atoms with Crippen molar-refractivity contribution in [2.75, 3.05) is 65.5 Å². The first-order valence-electron chi connectivity index (χ1n) is 14.5. The summed E-state index contributed by atoms with van der Waals surface area (Å²) in [6.45, 7) is 2.69. The van der Waals surface area contributed by atoms with Crippen molar-refractivity contribution in [1.29, 1.82) is 0 Å². The van der Waals surface area contributed by atoms with Gasteiger partial charge in [0.05, 0.1) is 27.0 Å². The SMILES string of the molecule is COc1cccc(C(=O)N(CCc2ccccc2)CC(=O)N2CCN(c3ccc(-c4ccc(OC)cc4OC)nn3)CC2)c1. The zero-order chi connectivity index (χ0) is 30.9. The molecule has 4 aromatic rings. The van der Waals surface area contributed by atoms with E-state index in [4.69, 9.17) is 14.2 Å². The molecule has 0 bridgehead atoms. The van der Waals surface area contributed by atoms with E-state index in [0.717, 1.165) is 16.9 Å². The van der Waals surface area contributed by atoms with Crippen LogP contribution >= 0.6 is 0 Å². The minimum Gasteiger partial charge on any atom is -0.497 e. The lowest BCUT2D eigenvalue weighted by Gasteiger charge is -2.36. The summed E-state index contributed by atoms with van der Waals surface area (Å²) in [7, 11) is 4.79. The Bertz CT molecular complexity index is 1560. The van der Waals surface area contributed by atoms with Crippen LogP contribution < -0.4 is 19.1 Å². The maximum absolute atomic E-state index is 13.6. The average Bonchev–Trinajstić information content (AvgIpc) is 3.10. The van der Waals surface area contributed by atoms with Gasteiger partial charge in [-0.25, -0.2) is 0 Å². The highest BCUT2D eigenvalue weighted by molar-refractivity contribution is 5.97. The third kappa shape index (κ3) is 7.26. The molecule has 1 aliphatic heterocycles. The fraction of sp³-hybridized carbons (Fsp3) is 0.294. The molecule has 228 valence electrons. The minimum atomic E-state index is -0.198. The highest BCUT2D eigenvalue weighted by Gasteiger charge is 2.26. The van der Waals surface area contributed by atoms with Gasteiger partial charge in [-0.15, -0.1) is 10.2 Å². The average molecular weight is 596 g/mol. The van der Waals surface area contributed by atoms with E-state index in [-0.39, 0.29) is 18.4 Å². The number of hydrogen-bond donors (Lipinski definition) is 0. The lowest BCUT2D eigenvalue weighted by molar-refractivity contribution is -0.132. The molecule has 0 saturated carbocycles. The first-order chi connectivity index (χ1) is 21.5. The van der Waals surface area contributed by atoms with E-state index < -0.39 is 0 Å². The van der Waals surface area contributed by atoms with E-state index in [0.29, 0.717) is 67.7 Å². The second-order valence-corrected chi connectivity index (χ2v) is 10.4. The van der Waals surface area contributed by atoms with Gasteiger partial charge in [-0.2, -0.15) is 0 Å². The Morgan fingerprint density at radius 2 is 1.52 bits per heavy atom. The van der Waals surface area contributed by atoms with Crippen molar-refractivity contribution < 1.29 is 23.8 Å². The normalized spacial score (nSPS) is 12.9. The third-order valence-corrected chi connectivity index (χ3v) is 7.73. The van der Waals surface area contributed by atoms with Gasteiger partial charge in [0.15, 0.2) is 5.82 Å². The second kappa shape index (κ2) is 14.4. The van der Waals surface area contributed by atoms with Crippen LogP contribution in [0.15, 0.2) is 84.9 Å². The third-order valence-electron chi connectivity index (χ3n) is 7.73. The van der Waals surface area contributed by atoms with Crippen molar-refractivity contribution in [3.05, 3.63) is 96.1 Å². The summed E-state index contributed by atoms with van der Waals surface area (Å²) in [5.74, 6) is 2.41. The van der Waals surface area contributed by atoms with Gasteiger partial charge >= 0.3 is 0 Å². The molecule has 1 saturated heterocycles. The van der Waals surface area contributed by atoms with Crippen LogP contribution in [-0.4, -0.2) is 92.4 Å². The van der Waals surface area contributed by atoms with Crippen LogP contribution in [0.3, 0.4) is 0 Å². The van der Waals surface area contributed by atoms with Gasteiger partial charge in [-0.05, 0) is 54.4 Å². The smallest absolute Gasteiger partial charge is 0.254 e.